The van der Waals surface area contributed by atoms with Gasteiger partial charge in [0.05, 0.1) is 13.5 Å². The van der Waals surface area contributed by atoms with E-state index in [-0.39, 0.29) is 12.4 Å². The number of carbonyl (C=O) groups is 2. The summed E-state index contributed by atoms with van der Waals surface area (Å²) in [5.41, 5.74) is 1.91. The van der Waals surface area contributed by atoms with E-state index in [9.17, 15) is 9.59 Å². The van der Waals surface area contributed by atoms with Gasteiger partial charge < -0.3 is 4.74 Å². The summed E-state index contributed by atoms with van der Waals surface area (Å²) < 4.78 is 4.55. The number of ether oxygens (including phenoxy) is 1. The highest BCUT2D eigenvalue weighted by molar-refractivity contribution is 6.31. The molecule has 0 N–H and O–H groups in total. The zero-order valence-electron chi connectivity index (χ0n) is 8.54. The predicted octanol–water partition coefficient (Wildman–Crippen LogP) is 2.18. The molecule has 0 bridgehead atoms. The van der Waals surface area contributed by atoms with Crippen molar-refractivity contribution in [2.45, 2.75) is 13.3 Å². The van der Waals surface area contributed by atoms with Gasteiger partial charge in [0.2, 0.25) is 0 Å². The smallest absolute Gasteiger partial charge is 0.310 e. The van der Waals surface area contributed by atoms with E-state index in [1.165, 1.54) is 7.11 Å². The van der Waals surface area contributed by atoms with Crippen LogP contribution in [0.25, 0.3) is 0 Å². The maximum Gasteiger partial charge on any atom is 0.310 e. The van der Waals surface area contributed by atoms with Gasteiger partial charge in [-0.1, -0.05) is 11.6 Å². The molecule has 0 aliphatic carbocycles. The quantitative estimate of drug-likeness (QED) is 0.586. The molecule has 0 aliphatic rings. The highest BCUT2D eigenvalue weighted by Gasteiger charge is 2.12. The highest BCUT2D eigenvalue weighted by atomic mass is 35.5. The number of hydrogen-bond acceptors (Lipinski definition) is 3. The van der Waals surface area contributed by atoms with Crippen LogP contribution in [-0.4, -0.2) is 19.4 Å². The van der Waals surface area contributed by atoms with E-state index in [1.807, 2.05) is 0 Å². The molecule has 15 heavy (non-hydrogen) atoms. The van der Waals surface area contributed by atoms with E-state index < -0.39 is 0 Å². The second kappa shape index (κ2) is 4.94. The standard InChI is InChI=1S/C11H11ClO3/c1-7-8(6-13)3-4-10(12)9(7)5-11(14)15-2/h3-4,6H,5H2,1-2H3. The van der Waals surface area contributed by atoms with Crippen LogP contribution in [0.4, 0.5) is 0 Å². The zero-order chi connectivity index (χ0) is 11.4. The lowest BCUT2D eigenvalue weighted by atomic mass is 10.0. The van der Waals surface area contributed by atoms with E-state index in [4.69, 9.17) is 11.6 Å². The van der Waals surface area contributed by atoms with E-state index in [0.717, 1.165) is 11.8 Å². The Morgan fingerprint density at radius 3 is 2.73 bits per heavy atom. The highest BCUT2D eigenvalue weighted by Crippen LogP contribution is 2.23. The van der Waals surface area contributed by atoms with E-state index >= 15 is 0 Å². The number of esters is 1. The van der Waals surface area contributed by atoms with Crippen LogP contribution in [0.2, 0.25) is 5.02 Å². The lowest BCUT2D eigenvalue weighted by molar-refractivity contribution is -0.139. The average molecular weight is 227 g/mol. The summed E-state index contributed by atoms with van der Waals surface area (Å²) in [7, 11) is 1.31. The monoisotopic (exact) mass is 226 g/mol. The van der Waals surface area contributed by atoms with Gasteiger partial charge in [-0.15, -0.1) is 0 Å². The topological polar surface area (TPSA) is 43.4 Å². The Hall–Kier alpha value is -1.35. The fraction of sp³-hybridized carbons (Fsp3) is 0.273. The molecule has 1 aromatic rings. The molecular weight excluding hydrogens is 216 g/mol. The summed E-state index contributed by atoms with van der Waals surface area (Å²) in [6.07, 6.45) is 0.829. The lowest BCUT2D eigenvalue weighted by Gasteiger charge is -2.08. The molecule has 0 spiro atoms. The zero-order valence-corrected chi connectivity index (χ0v) is 9.30. The first-order valence-electron chi connectivity index (χ1n) is 4.40. The van der Waals surface area contributed by atoms with E-state index in [2.05, 4.69) is 4.74 Å². The van der Waals surface area contributed by atoms with E-state index in [0.29, 0.717) is 16.1 Å². The Kier molecular flexibility index (Phi) is 3.86. The molecule has 0 atom stereocenters. The number of benzene rings is 1. The molecule has 1 rings (SSSR count). The third kappa shape index (κ3) is 2.57. The molecule has 4 heteroatoms. The molecule has 0 aromatic heterocycles. The fourth-order valence-electron chi connectivity index (χ4n) is 1.30. The Bertz CT molecular complexity index is 399. The van der Waals surface area contributed by atoms with Gasteiger partial charge in [0.15, 0.2) is 0 Å². The SMILES string of the molecule is COC(=O)Cc1c(Cl)ccc(C=O)c1C. The number of aldehydes is 1. The first kappa shape index (κ1) is 11.7. The maximum atomic E-state index is 11.1. The van der Waals surface area contributed by atoms with Crippen LogP contribution < -0.4 is 0 Å². The van der Waals surface area contributed by atoms with Crippen LogP contribution in [0.3, 0.4) is 0 Å². The minimum absolute atomic E-state index is 0.0862. The number of methoxy groups -OCH3 is 1. The second-order valence-electron chi connectivity index (χ2n) is 3.11. The fourth-order valence-corrected chi connectivity index (χ4v) is 1.57. The minimum atomic E-state index is -0.372. The molecule has 0 heterocycles. The van der Waals surface area contributed by atoms with Crippen molar-refractivity contribution in [2.75, 3.05) is 7.11 Å². The van der Waals surface area contributed by atoms with Gasteiger partial charge in [-0.3, -0.25) is 9.59 Å². The van der Waals surface area contributed by atoms with Crippen molar-refractivity contribution in [1.29, 1.82) is 0 Å². The van der Waals surface area contributed by atoms with E-state index in [1.54, 1.807) is 19.1 Å². The van der Waals surface area contributed by atoms with Gasteiger partial charge in [0.25, 0.3) is 0 Å². The van der Waals surface area contributed by atoms with Gasteiger partial charge in [-0.2, -0.15) is 0 Å². The van der Waals surface area contributed by atoms with Crippen molar-refractivity contribution in [2.24, 2.45) is 0 Å². The van der Waals surface area contributed by atoms with Gasteiger partial charge in [0, 0.05) is 10.6 Å². The van der Waals surface area contributed by atoms with Gasteiger partial charge in [0.1, 0.15) is 6.29 Å². The van der Waals surface area contributed by atoms with Crippen molar-refractivity contribution in [3.63, 3.8) is 0 Å². The van der Waals surface area contributed by atoms with Crippen LogP contribution in [0, 0.1) is 6.92 Å². The molecule has 0 saturated carbocycles. The molecule has 0 fully saturated rings. The summed E-state index contributed by atoms with van der Waals surface area (Å²) in [5, 5.41) is 0.475. The van der Waals surface area contributed by atoms with Gasteiger partial charge in [-0.25, -0.2) is 0 Å². The van der Waals surface area contributed by atoms with Crippen LogP contribution in [0.5, 0.6) is 0 Å². The summed E-state index contributed by atoms with van der Waals surface area (Å²) in [4.78, 5) is 21.8. The number of carbonyl (C=O) groups excluding carboxylic acids is 2. The summed E-state index contributed by atoms with van der Waals surface area (Å²) in [6, 6.07) is 3.24. The van der Waals surface area contributed by atoms with Crippen LogP contribution in [0.1, 0.15) is 21.5 Å². The number of hydrogen-bond donors (Lipinski definition) is 0. The maximum absolute atomic E-state index is 11.1. The van der Waals surface area contributed by atoms with Crippen molar-refractivity contribution >= 4 is 23.9 Å². The molecule has 0 radical (unpaired) electrons. The number of halogens is 1. The molecule has 0 aliphatic heterocycles. The summed E-state index contributed by atoms with van der Waals surface area (Å²) >= 11 is 5.94. The molecular formula is C11H11ClO3. The molecule has 80 valence electrons. The minimum Gasteiger partial charge on any atom is -0.469 e. The Balaban J connectivity index is 3.15. The van der Waals surface area contributed by atoms with Crippen molar-refractivity contribution < 1.29 is 14.3 Å². The Labute approximate surface area is 93.0 Å². The largest absolute Gasteiger partial charge is 0.469 e. The summed E-state index contributed by atoms with van der Waals surface area (Å²) in [5.74, 6) is -0.372. The second-order valence-corrected chi connectivity index (χ2v) is 3.52. The molecule has 0 amide bonds. The van der Waals surface area contributed by atoms with Crippen molar-refractivity contribution in [1.82, 2.24) is 0 Å². The van der Waals surface area contributed by atoms with Gasteiger partial charge in [-0.05, 0) is 30.2 Å². The Morgan fingerprint density at radius 1 is 1.53 bits per heavy atom. The molecule has 0 unspecified atom stereocenters. The van der Waals surface area contributed by atoms with Gasteiger partial charge >= 0.3 is 5.97 Å². The normalized spacial score (nSPS) is 9.80. The molecule has 1 aromatic carbocycles. The third-order valence-corrected chi connectivity index (χ3v) is 2.61. The molecule has 3 nitrogen and oxygen atoms in total. The third-order valence-electron chi connectivity index (χ3n) is 2.26. The average Bonchev–Trinajstić information content (AvgIpc) is 2.24. The molecule has 0 saturated heterocycles. The van der Waals surface area contributed by atoms with Crippen molar-refractivity contribution in [3.05, 3.63) is 33.8 Å². The summed E-state index contributed by atoms with van der Waals surface area (Å²) in [6.45, 7) is 1.76. The van der Waals surface area contributed by atoms with Crippen LogP contribution in [-0.2, 0) is 16.0 Å². The first-order chi connectivity index (χ1) is 7.10. The van der Waals surface area contributed by atoms with Crippen LogP contribution in [0.15, 0.2) is 12.1 Å². The van der Waals surface area contributed by atoms with Crippen molar-refractivity contribution in [3.8, 4) is 0 Å². The number of rotatable bonds is 3. The Morgan fingerprint density at radius 2 is 2.20 bits per heavy atom. The predicted molar refractivity (Wildman–Crippen MR) is 57.3 cm³/mol. The first-order valence-corrected chi connectivity index (χ1v) is 4.78. The van der Waals surface area contributed by atoms with Crippen LogP contribution >= 0.6 is 11.6 Å². The lowest BCUT2D eigenvalue weighted by Crippen LogP contribution is -2.07.